The molecule has 7 nitrogen and oxygen atoms in total. The van der Waals surface area contributed by atoms with Crippen LogP contribution >= 0.6 is 0 Å². The topological polar surface area (TPSA) is 75.6 Å². The molecule has 1 atom stereocenters. The highest BCUT2D eigenvalue weighted by atomic mass is 32.2. The minimum Gasteiger partial charge on any atom is -0.352 e. The molecule has 5 rings (SSSR count). The predicted octanol–water partition coefficient (Wildman–Crippen LogP) is 3.31. The van der Waals surface area contributed by atoms with Gasteiger partial charge in [0.25, 0.3) is 0 Å². The van der Waals surface area contributed by atoms with Crippen LogP contribution in [-0.4, -0.2) is 60.6 Å². The maximum Gasteiger partial charge on any atom is 0.307 e. The molecule has 0 aliphatic carbocycles. The first-order chi connectivity index (χ1) is 16.0. The van der Waals surface area contributed by atoms with Crippen molar-refractivity contribution in [3.8, 4) is 0 Å². The fraction of sp³-hybridized carbons (Fsp3) is 0.333. The average Bonchev–Trinajstić information content (AvgIpc) is 3.23. The number of anilines is 1. The Kier molecular flexibility index (Phi) is 5.26. The van der Waals surface area contributed by atoms with Gasteiger partial charge in [-0.25, -0.2) is 26.6 Å². The Morgan fingerprint density at radius 1 is 1.00 bits per heavy atom. The predicted molar refractivity (Wildman–Crippen MR) is 110 cm³/mol. The first-order valence-corrected chi connectivity index (χ1v) is 11.6. The molecule has 0 N–H and O–H groups in total. The molecule has 2 fully saturated rings. The van der Waals surface area contributed by atoms with Crippen LogP contribution < -0.4 is 4.90 Å². The van der Waals surface area contributed by atoms with E-state index in [1.165, 1.54) is 11.0 Å². The molecule has 0 saturated carbocycles. The van der Waals surface area contributed by atoms with Crippen LogP contribution in [0.2, 0.25) is 0 Å². The lowest BCUT2D eigenvalue weighted by Gasteiger charge is -2.48. The van der Waals surface area contributed by atoms with Crippen molar-refractivity contribution in [3.63, 3.8) is 0 Å². The number of aromatic nitrogens is 2. The van der Waals surface area contributed by atoms with Crippen LogP contribution in [0.5, 0.6) is 0 Å². The second kappa shape index (κ2) is 7.82. The highest BCUT2D eigenvalue weighted by molar-refractivity contribution is 7.89. The number of benzene rings is 2. The molecule has 2 saturated heterocycles. The number of rotatable bonds is 3. The van der Waals surface area contributed by atoms with Crippen LogP contribution in [0.15, 0.2) is 47.5 Å². The summed E-state index contributed by atoms with van der Waals surface area (Å²) < 4.78 is 104. The summed E-state index contributed by atoms with van der Waals surface area (Å²) in [5, 5.41) is 0. The molecule has 1 spiro atoms. The standard InChI is InChI=1S/C21H17F5N4O3S/c22-13-2-1-3-14(8-13)34(31,32)30-6-7-33-21(30)4-5-29(12-20(21,25)26)19-11-27-17-9-15(23)16(24)10-18(17)28-19/h1-3,8-11H,4-7,12H2. The molecule has 1 unspecified atom stereocenters. The summed E-state index contributed by atoms with van der Waals surface area (Å²) in [6.07, 6.45) is 0.733. The maximum atomic E-state index is 15.6. The normalized spacial score (nSPS) is 23.1. The van der Waals surface area contributed by atoms with Gasteiger partial charge in [-0.1, -0.05) is 6.07 Å². The van der Waals surface area contributed by atoms with Crippen molar-refractivity contribution in [1.29, 1.82) is 0 Å². The van der Waals surface area contributed by atoms with E-state index in [9.17, 15) is 21.6 Å². The molecule has 34 heavy (non-hydrogen) atoms. The maximum absolute atomic E-state index is 15.6. The number of ether oxygens (including phenoxy) is 1. The second-order valence-corrected chi connectivity index (χ2v) is 9.89. The van der Waals surface area contributed by atoms with Crippen LogP contribution in [0, 0.1) is 17.5 Å². The molecule has 13 heteroatoms. The molecule has 0 bridgehead atoms. The van der Waals surface area contributed by atoms with E-state index in [1.807, 2.05) is 0 Å². The van der Waals surface area contributed by atoms with Crippen molar-refractivity contribution < 1.29 is 35.1 Å². The second-order valence-electron chi connectivity index (χ2n) is 8.03. The Bertz CT molecular complexity index is 1390. The summed E-state index contributed by atoms with van der Waals surface area (Å²) in [7, 11) is -4.50. The SMILES string of the molecule is O=S(=O)(c1cccc(F)c1)N1CCOC12CCN(c1cnc3cc(F)c(F)cc3n1)CC2(F)F. The minimum atomic E-state index is -4.50. The number of halogens is 5. The van der Waals surface area contributed by atoms with Crippen molar-refractivity contribution in [1.82, 2.24) is 14.3 Å². The number of nitrogens with zero attached hydrogens (tertiary/aromatic N) is 4. The lowest BCUT2D eigenvalue weighted by molar-refractivity contribution is -0.228. The lowest BCUT2D eigenvalue weighted by Crippen LogP contribution is -2.67. The number of piperidine rings is 1. The molecule has 3 heterocycles. The van der Waals surface area contributed by atoms with Gasteiger partial charge in [0.05, 0.1) is 35.3 Å². The largest absolute Gasteiger partial charge is 0.352 e. The van der Waals surface area contributed by atoms with E-state index in [1.54, 1.807) is 0 Å². The lowest BCUT2D eigenvalue weighted by atomic mass is 9.96. The van der Waals surface area contributed by atoms with E-state index in [0.29, 0.717) is 4.31 Å². The fourth-order valence-corrected chi connectivity index (χ4v) is 6.11. The van der Waals surface area contributed by atoms with Gasteiger partial charge in [-0.3, -0.25) is 4.98 Å². The summed E-state index contributed by atoms with van der Waals surface area (Å²) in [5.74, 6) is -6.79. The third-order valence-corrected chi connectivity index (χ3v) is 7.91. The number of hydrogen-bond donors (Lipinski definition) is 0. The molecular formula is C21H17F5N4O3S. The third kappa shape index (κ3) is 3.49. The molecule has 3 aromatic rings. The first kappa shape index (κ1) is 22.9. The molecule has 2 aliphatic rings. The monoisotopic (exact) mass is 500 g/mol. The number of hydrogen-bond acceptors (Lipinski definition) is 6. The van der Waals surface area contributed by atoms with Crippen LogP contribution in [0.4, 0.5) is 27.8 Å². The Hall–Kier alpha value is -2.90. The van der Waals surface area contributed by atoms with E-state index in [-0.39, 0.29) is 36.5 Å². The molecule has 1 aromatic heterocycles. The zero-order valence-corrected chi connectivity index (χ0v) is 18.2. The highest BCUT2D eigenvalue weighted by Crippen LogP contribution is 2.47. The Morgan fingerprint density at radius 3 is 2.44 bits per heavy atom. The Morgan fingerprint density at radius 2 is 1.74 bits per heavy atom. The van der Waals surface area contributed by atoms with Crippen LogP contribution in [0.3, 0.4) is 0 Å². The summed E-state index contributed by atoms with van der Waals surface area (Å²) in [4.78, 5) is 8.80. The van der Waals surface area contributed by atoms with Crippen molar-refractivity contribution >= 4 is 26.9 Å². The quantitative estimate of drug-likeness (QED) is 0.514. The van der Waals surface area contributed by atoms with E-state index in [2.05, 4.69) is 9.97 Å². The highest BCUT2D eigenvalue weighted by Gasteiger charge is 2.66. The fourth-order valence-electron chi connectivity index (χ4n) is 4.36. The van der Waals surface area contributed by atoms with Gasteiger partial charge in [-0.05, 0) is 18.2 Å². The van der Waals surface area contributed by atoms with Gasteiger partial charge >= 0.3 is 5.92 Å². The Labute approximate surface area is 190 Å². The van der Waals surface area contributed by atoms with Gasteiger partial charge in [0, 0.05) is 31.6 Å². The van der Waals surface area contributed by atoms with E-state index < -0.39 is 57.0 Å². The van der Waals surface area contributed by atoms with Crippen molar-refractivity contribution in [2.75, 3.05) is 31.1 Å². The van der Waals surface area contributed by atoms with E-state index in [0.717, 1.165) is 36.5 Å². The zero-order chi connectivity index (χ0) is 24.3. The van der Waals surface area contributed by atoms with E-state index in [4.69, 9.17) is 4.74 Å². The minimum absolute atomic E-state index is 0.00873. The van der Waals surface area contributed by atoms with Crippen LogP contribution in [-0.2, 0) is 14.8 Å². The molecule has 2 aliphatic heterocycles. The van der Waals surface area contributed by atoms with Gasteiger partial charge < -0.3 is 9.64 Å². The Balaban J connectivity index is 1.47. The average molecular weight is 500 g/mol. The third-order valence-electron chi connectivity index (χ3n) is 6.00. The van der Waals surface area contributed by atoms with Gasteiger partial charge in [-0.2, -0.15) is 13.1 Å². The summed E-state index contributed by atoms with van der Waals surface area (Å²) in [6.45, 7) is -1.64. The summed E-state index contributed by atoms with van der Waals surface area (Å²) in [6, 6.07) is 5.79. The molecular weight excluding hydrogens is 483 g/mol. The van der Waals surface area contributed by atoms with Gasteiger partial charge in [0.15, 0.2) is 11.6 Å². The van der Waals surface area contributed by atoms with Crippen molar-refractivity contribution in [2.24, 2.45) is 0 Å². The van der Waals surface area contributed by atoms with Crippen molar-refractivity contribution in [2.45, 2.75) is 23.0 Å². The van der Waals surface area contributed by atoms with Gasteiger partial charge in [0.1, 0.15) is 11.6 Å². The van der Waals surface area contributed by atoms with Crippen LogP contribution in [0.1, 0.15) is 6.42 Å². The number of fused-ring (bicyclic) bond motifs is 1. The van der Waals surface area contributed by atoms with Gasteiger partial charge in [-0.15, -0.1) is 0 Å². The summed E-state index contributed by atoms with van der Waals surface area (Å²) in [5.41, 5.74) is -2.43. The smallest absolute Gasteiger partial charge is 0.307 e. The molecule has 0 radical (unpaired) electrons. The van der Waals surface area contributed by atoms with Crippen LogP contribution in [0.25, 0.3) is 11.0 Å². The first-order valence-electron chi connectivity index (χ1n) is 10.2. The van der Waals surface area contributed by atoms with E-state index >= 15 is 8.78 Å². The number of alkyl halides is 2. The number of sulfonamides is 1. The van der Waals surface area contributed by atoms with Gasteiger partial charge in [0.2, 0.25) is 15.7 Å². The molecule has 180 valence electrons. The molecule has 0 amide bonds. The summed E-state index contributed by atoms with van der Waals surface area (Å²) >= 11 is 0. The van der Waals surface area contributed by atoms with Crippen molar-refractivity contribution in [3.05, 3.63) is 60.0 Å². The molecule has 2 aromatic carbocycles. The zero-order valence-electron chi connectivity index (χ0n) is 17.4.